The summed E-state index contributed by atoms with van der Waals surface area (Å²) in [4.78, 5) is 28.3. The molecule has 4 rings (SSSR count). The van der Waals surface area contributed by atoms with Crippen molar-refractivity contribution in [3.8, 4) is 5.88 Å². The highest BCUT2D eigenvalue weighted by Gasteiger charge is 2.48. The van der Waals surface area contributed by atoms with Gasteiger partial charge in [-0.15, -0.1) is 0 Å². The van der Waals surface area contributed by atoms with Crippen molar-refractivity contribution in [3.63, 3.8) is 0 Å². The molecule has 2 aliphatic rings. The van der Waals surface area contributed by atoms with Crippen LogP contribution in [0, 0.1) is 0 Å². The lowest BCUT2D eigenvalue weighted by Gasteiger charge is -2.48. The molecule has 0 saturated carbocycles. The molecule has 1 fully saturated rings. The number of aryl methyl sites for hydroxylation is 1. The maximum Gasteiger partial charge on any atom is 0.274 e. The van der Waals surface area contributed by atoms with Crippen molar-refractivity contribution in [1.29, 1.82) is 0 Å². The minimum atomic E-state index is -0.426. The molecular weight excluding hydrogens is 334 g/mol. The largest absolute Gasteiger partial charge is 0.477 e. The van der Waals surface area contributed by atoms with Gasteiger partial charge in [-0.05, 0) is 19.8 Å². The second-order valence-electron chi connectivity index (χ2n) is 6.67. The standard InChI is InChI=1S/C18H23N5O3/c1-3-26-15-11-19-13(10-20-15)17(24)23-7-4-14-16(21-12-22(14)2)18(23)5-8-25-9-6-18/h10-12H,3-9H2,1-2H3. The van der Waals surface area contributed by atoms with Gasteiger partial charge in [0.2, 0.25) is 5.88 Å². The summed E-state index contributed by atoms with van der Waals surface area (Å²) >= 11 is 0. The summed E-state index contributed by atoms with van der Waals surface area (Å²) in [7, 11) is 2.01. The van der Waals surface area contributed by atoms with Crippen LogP contribution < -0.4 is 4.74 Å². The molecule has 0 aliphatic carbocycles. The molecule has 2 aliphatic heterocycles. The molecule has 1 saturated heterocycles. The minimum absolute atomic E-state index is 0.112. The number of nitrogens with zero attached hydrogens (tertiary/aromatic N) is 5. The number of aromatic nitrogens is 4. The van der Waals surface area contributed by atoms with E-state index in [9.17, 15) is 4.79 Å². The first kappa shape index (κ1) is 17.0. The van der Waals surface area contributed by atoms with E-state index in [0.29, 0.717) is 37.9 Å². The van der Waals surface area contributed by atoms with Gasteiger partial charge in [-0.3, -0.25) is 4.79 Å². The first-order chi connectivity index (χ1) is 12.7. The number of hydrogen-bond donors (Lipinski definition) is 0. The van der Waals surface area contributed by atoms with E-state index in [1.54, 1.807) is 0 Å². The van der Waals surface area contributed by atoms with Crippen LogP contribution in [0.1, 0.15) is 41.6 Å². The zero-order valence-electron chi connectivity index (χ0n) is 15.1. The van der Waals surface area contributed by atoms with Crippen LogP contribution in [-0.2, 0) is 23.7 Å². The van der Waals surface area contributed by atoms with Gasteiger partial charge in [0.05, 0.1) is 36.6 Å². The first-order valence-electron chi connectivity index (χ1n) is 9.01. The first-order valence-corrected chi connectivity index (χ1v) is 9.01. The van der Waals surface area contributed by atoms with Crippen molar-refractivity contribution in [2.75, 3.05) is 26.4 Å². The highest BCUT2D eigenvalue weighted by molar-refractivity contribution is 5.93. The van der Waals surface area contributed by atoms with Crippen LogP contribution >= 0.6 is 0 Å². The molecule has 4 heterocycles. The van der Waals surface area contributed by atoms with Gasteiger partial charge in [-0.2, -0.15) is 0 Å². The fraction of sp³-hybridized carbons (Fsp3) is 0.556. The van der Waals surface area contributed by atoms with Gasteiger partial charge in [0.1, 0.15) is 5.69 Å². The van der Waals surface area contributed by atoms with E-state index < -0.39 is 5.54 Å². The van der Waals surface area contributed by atoms with Crippen molar-refractivity contribution < 1.29 is 14.3 Å². The zero-order valence-corrected chi connectivity index (χ0v) is 15.1. The molecule has 0 atom stereocenters. The second kappa shape index (κ2) is 6.68. The van der Waals surface area contributed by atoms with Crippen LogP contribution in [0.4, 0.5) is 0 Å². The molecule has 8 heteroatoms. The molecule has 0 unspecified atom stereocenters. The highest BCUT2D eigenvalue weighted by atomic mass is 16.5. The van der Waals surface area contributed by atoms with Crippen LogP contribution in [0.5, 0.6) is 5.88 Å². The van der Waals surface area contributed by atoms with Crippen molar-refractivity contribution in [2.24, 2.45) is 7.05 Å². The monoisotopic (exact) mass is 357 g/mol. The lowest BCUT2D eigenvalue weighted by atomic mass is 9.80. The minimum Gasteiger partial charge on any atom is -0.477 e. The lowest BCUT2D eigenvalue weighted by Crippen LogP contribution is -2.56. The summed E-state index contributed by atoms with van der Waals surface area (Å²) in [5.74, 6) is 0.314. The predicted molar refractivity (Wildman–Crippen MR) is 92.9 cm³/mol. The van der Waals surface area contributed by atoms with Crippen LogP contribution in [0.15, 0.2) is 18.7 Å². The van der Waals surface area contributed by atoms with Crippen molar-refractivity contribution in [1.82, 2.24) is 24.4 Å². The molecule has 138 valence electrons. The number of fused-ring (bicyclic) bond motifs is 2. The Kier molecular flexibility index (Phi) is 4.36. The quantitative estimate of drug-likeness (QED) is 0.824. The summed E-state index contributed by atoms with van der Waals surface area (Å²) in [5.41, 5.74) is 2.11. The predicted octanol–water partition coefficient (Wildman–Crippen LogP) is 1.31. The maximum absolute atomic E-state index is 13.3. The Morgan fingerprint density at radius 3 is 2.77 bits per heavy atom. The maximum atomic E-state index is 13.3. The van der Waals surface area contributed by atoms with Crippen LogP contribution in [0.2, 0.25) is 0 Å². The lowest BCUT2D eigenvalue weighted by molar-refractivity contribution is -0.0299. The summed E-state index contributed by atoms with van der Waals surface area (Å²) in [5, 5.41) is 0. The molecule has 1 spiro atoms. The van der Waals surface area contributed by atoms with Crippen LogP contribution in [-0.4, -0.2) is 56.7 Å². The third-order valence-electron chi connectivity index (χ3n) is 5.29. The number of carbonyl (C=O) groups is 1. The van der Waals surface area contributed by atoms with E-state index in [1.165, 1.54) is 18.1 Å². The molecule has 0 bridgehead atoms. The van der Waals surface area contributed by atoms with E-state index in [2.05, 4.69) is 19.5 Å². The molecule has 2 aromatic heterocycles. The smallest absolute Gasteiger partial charge is 0.274 e. The molecule has 0 radical (unpaired) electrons. The molecule has 8 nitrogen and oxygen atoms in total. The van der Waals surface area contributed by atoms with Gasteiger partial charge in [0.15, 0.2) is 0 Å². The SMILES string of the molecule is CCOc1cnc(C(=O)N2CCc3c(ncn3C)C23CCOCC3)cn1. The van der Waals surface area contributed by atoms with Crippen molar-refractivity contribution in [3.05, 3.63) is 35.8 Å². The van der Waals surface area contributed by atoms with Crippen LogP contribution in [0.3, 0.4) is 0 Å². The van der Waals surface area contributed by atoms with Gasteiger partial charge in [-0.25, -0.2) is 15.0 Å². The summed E-state index contributed by atoms with van der Waals surface area (Å²) in [6.07, 6.45) is 7.11. The van der Waals surface area contributed by atoms with Gasteiger partial charge in [0, 0.05) is 38.9 Å². The Bertz CT molecular complexity index is 796. The Labute approximate surface area is 152 Å². The van der Waals surface area contributed by atoms with E-state index in [4.69, 9.17) is 9.47 Å². The second-order valence-corrected chi connectivity index (χ2v) is 6.67. The highest BCUT2D eigenvalue weighted by Crippen LogP contribution is 2.42. The van der Waals surface area contributed by atoms with Crippen LogP contribution in [0.25, 0.3) is 0 Å². The summed E-state index contributed by atoms with van der Waals surface area (Å²) < 4.78 is 13.0. The molecular formula is C18H23N5O3. The van der Waals surface area contributed by atoms with Gasteiger partial charge < -0.3 is 18.9 Å². The number of amides is 1. The Morgan fingerprint density at radius 2 is 2.08 bits per heavy atom. The Balaban J connectivity index is 1.69. The number of hydrogen-bond acceptors (Lipinski definition) is 6. The fourth-order valence-electron chi connectivity index (χ4n) is 4.00. The zero-order chi connectivity index (χ0) is 18.1. The Morgan fingerprint density at radius 1 is 1.27 bits per heavy atom. The normalized spacial score (nSPS) is 18.6. The fourth-order valence-corrected chi connectivity index (χ4v) is 4.00. The number of rotatable bonds is 3. The van der Waals surface area contributed by atoms with E-state index >= 15 is 0 Å². The number of imidazole rings is 1. The van der Waals surface area contributed by atoms with E-state index in [0.717, 1.165) is 25.0 Å². The average Bonchev–Trinajstić information content (AvgIpc) is 3.05. The summed E-state index contributed by atoms with van der Waals surface area (Å²) in [6, 6.07) is 0. The van der Waals surface area contributed by atoms with Gasteiger partial charge >= 0.3 is 0 Å². The summed E-state index contributed by atoms with van der Waals surface area (Å²) in [6.45, 7) is 4.28. The topological polar surface area (TPSA) is 82.4 Å². The number of ether oxygens (including phenoxy) is 2. The van der Waals surface area contributed by atoms with E-state index in [-0.39, 0.29) is 5.91 Å². The van der Waals surface area contributed by atoms with Gasteiger partial charge in [-0.1, -0.05) is 0 Å². The third kappa shape index (κ3) is 2.65. The Hall–Kier alpha value is -2.48. The van der Waals surface area contributed by atoms with Crippen molar-refractivity contribution >= 4 is 5.91 Å². The van der Waals surface area contributed by atoms with E-state index in [1.807, 2.05) is 25.2 Å². The number of carbonyl (C=O) groups excluding carboxylic acids is 1. The average molecular weight is 357 g/mol. The molecule has 2 aromatic rings. The molecule has 26 heavy (non-hydrogen) atoms. The van der Waals surface area contributed by atoms with Crippen molar-refractivity contribution in [2.45, 2.75) is 31.7 Å². The molecule has 0 aromatic carbocycles. The molecule has 1 amide bonds. The van der Waals surface area contributed by atoms with Gasteiger partial charge in [0.25, 0.3) is 5.91 Å². The third-order valence-corrected chi connectivity index (χ3v) is 5.29. The molecule has 0 N–H and O–H groups in total.